The minimum absolute atomic E-state index is 0.0893. The standard InChI is InChI=1S/C17H19F3N2O3/c18-17(19,20)16(25)10-13(11-6-2-1-3-7-11)21-22(16)15(24)12-8-4-5-9-14(12)23/h4-5,8-9,11,23,25H,1-3,6-7,10H2/t16-/m1/s1. The van der Waals surface area contributed by atoms with E-state index in [-0.39, 0.29) is 22.2 Å². The summed E-state index contributed by atoms with van der Waals surface area (Å²) in [5.41, 5.74) is -3.53. The highest BCUT2D eigenvalue weighted by Crippen LogP contribution is 2.44. The fraction of sp³-hybridized carbons (Fsp3) is 0.529. The van der Waals surface area contributed by atoms with E-state index in [1.165, 1.54) is 24.3 Å². The summed E-state index contributed by atoms with van der Waals surface area (Å²) in [6.45, 7) is 0. The van der Waals surface area contributed by atoms with Gasteiger partial charge >= 0.3 is 6.18 Å². The second-order valence-electron chi connectivity index (χ2n) is 6.55. The van der Waals surface area contributed by atoms with Gasteiger partial charge in [-0.3, -0.25) is 4.79 Å². The molecule has 0 saturated heterocycles. The van der Waals surface area contributed by atoms with Crippen LogP contribution in [0.25, 0.3) is 0 Å². The summed E-state index contributed by atoms with van der Waals surface area (Å²) >= 11 is 0. The van der Waals surface area contributed by atoms with Gasteiger partial charge in [0.25, 0.3) is 11.6 Å². The number of halogens is 3. The molecule has 1 aromatic carbocycles. The van der Waals surface area contributed by atoms with Gasteiger partial charge < -0.3 is 10.2 Å². The predicted molar refractivity (Wildman–Crippen MR) is 83.9 cm³/mol. The van der Waals surface area contributed by atoms with Crippen LogP contribution in [-0.4, -0.2) is 38.7 Å². The van der Waals surface area contributed by atoms with Crippen LogP contribution in [0.15, 0.2) is 29.4 Å². The third kappa shape index (κ3) is 3.10. The molecule has 1 atom stereocenters. The van der Waals surface area contributed by atoms with E-state index in [2.05, 4.69) is 5.10 Å². The highest BCUT2D eigenvalue weighted by Gasteiger charge is 2.63. The van der Waals surface area contributed by atoms with E-state index in [0.717, 1.165) is 19.3 Å². The number of phenolic OH excluding ortho intramolecular Hbond substituents is 1. The smallest absolute Gasteiger partial charge is 0.438 e. The largest absolute Gasteiger partial charge is 0.507 e. The molecule has 0 bridgehead atoms. The lowest BCUT2D eigenvalue weighted by Crippen LogP contribution is -2.56. The normalized spacial score (nSPS) is 25.1. The van der Waals surface area contributed by atoms with Crippen LogP contribution in [0.2, 0.25) is 0 Å². The Morgan fingerprint density at radius 2 is 1.84 bits per heavy atom. The van der Waals surface area contributed by atoms with E-state index in [1.807, 2.05) is 0 Å². The Kier molecular flexibility index (Phi) is 4.49. The van der Waals surface area contributed by atoms with E-state index >= 15 is 0 Å². The van der Waals surface area contributed by atoms with Gasteiger partial charge in [-0.2, -0.15) is 23.3 Å². The number of amides is 1. The summed E-state index contributed by atoms with van der Waals surface area (Å²) in [5, 5.41) is 24.0. The van der Waals surface area contributed by atoms with Crippen molar-refractivity contribution in [2.24, 2.45) is 11.0 Å². The number of alkyl halides is 3. The molecule has 8 heteroatoms. The summed E-state index contributed by atoms with van der Waals surface area (Å²) < 4.78 is 40.6. The molecule has 136 valence electrons. The first kappa shape index (κ1) is 17.7. The lowest BCUT2D eigenvalue weighted by molar-refractivity contribution is -0.297. The van der Waals surface area contributed by atoms with E-state index < -0.39 is 30.0 Å². The molecule has 25 heavy (non-hydrogen) atoms. The van der Waals surface area contributed by atoms with Crippen LogP contribution < -0.4 is 0 Å². The Balaban J connectivity index is 1.98. The molecular weight excluding hydrogens is 337 g/mol. The molecule has 1 aliphatic carbocycles. The summed E-state index contributed by atoms with van der Waals surface area (Å²) in [7, 11) is 0. The van der Waals surface area contributed by atoms with E-state index in [9.17, 15) is 28.2 Å². The van der Waals surface area contributed by atoms with Gasteiger partial charge in [0, 0.05) is 12.1 Å². The van der Waals surface area contributed by atoms with E-state index in [4.69, 9.17) is 0 Å². The number of para-hydroxylation sites is 1. The van der Waals surface area contributed by atoms with Crippen molar-refractivity contribution < 1.29 is 28.2 Å². The molecule has 1 saturated carbocycles. The fourth-order valence-electron chi connectivity index (χ4n) is 3.44. The van der Waals surface area contributed by atoms with Crippen molar-refractivity contribution in [2.45, 2.75) is 50.4 Å². The SMILES string of the molecule is O=C(c1ccccc1O)N1N=C(C2CCCCC2)C[C@@]1(O)C(F)(F)F. The minimum Gasteiger partial charge on any atom is -0.507 e. The van der Waals surface area contributed by atoms with E-state index in [1.54, 1.807) is 0 Å². The second-order valence-corrected chi connectivity index (χ2v) is 6.55. The molecule has 0 radical (unpaired) electrons. The van der Waals surface area contributed by atoms with Crippen LogP contribution in [0.4, 0.5) is 13.2 Å². The van der Waals surface area contributed by atoms with Gasteiger partial charge in [0.2, 0.25) is 0 Å². The first-order chi connectivity index (χ1) is 11.7. The maximum atomic E-state index is 13.5. The first-order valence-electron chi connectivity index (χ1n) is 8.23. The van der Waals surface area contributed by atoms with Crippen molar-refractivity contribution in [3.63, 3.8) is 0 Å². The molecule has 1 amide bonds. The average molecular weight is 356 g/mol. The Labute approximate surface area is 142 Å². The van der Waals surface area contributed by atoms with Gasteiger partial charge in [-0.15, -0.1) is 0 Å². The molecule has 1 fully saturated rings. The minimum atomic E-state index is -5.06. The molecule has 1 heterocycles. The zero-order chi connectivity index (χ0) is 18.2. The highest BCUT2D eigenvalue weighted by atomic mass is 19.4. The number of aliphatic hydroxyl groups is 1. The average Bonchev–Trinajstić information content (AvgIpc) is 2.94. The van der Waals surface area contributed by atoms with Crippen molar-refractivity contribution in [1.82, 2.24) is 5.01 Å². The molecular formula is C17H19F3N2O3. The number of benzene rings is 1. The fourth-order valence-corrected chi connectivity index (χ4v) is 3.44. The Morgan fingerprint density at radius 3 is 2.44 bits per heavy atom. The van der Waals surface area contributed by atoms with Crippen molar-refractivity contribution in [3.8, 4) is 5.75 Å². The van der Waals surface area contributed by atoms with Crippen LogP contribution in [0.5, 0.6) is 5.75 Å². The van der Waals surface area contributed by atoms with Crippen molar-refractivity contribution >= 4 is 11.6 Å². The Bertz CT molecular complexity index is 699. The number of carbonyl (C=O) groups is 1. The summed E-state index contributed by atoms with van der Waals surface area (Å²) in [6.07, 6.45) is -1.61. The zero-order valence-corrected chi connectivity index (χ0v) is 13.5. The molecule has 0 spiro atoms. The molecule has 2 N–H and O–H groups in total. The predicted octanol–water partition coefficient (Wildman–Crippen LogP) is 3.43. The third-order valence-electron chi connectivity index (χ3n) is 4.86. The monoisotopic (exact) mass is 356 g/mol. The quantitative estimate of drug-likeness (QED) is 0.853. The molecule has 1 aliphatic heterocycles. The zero-order valence-electron chi connectivity index (χ0n) is 13.5. The van der Waals surface area contributed by atoms with Gasteiger partial charge in [-0.05, 0) is 30.9 Å². The summed E-state index contributed by atoms with van der Waals surface area (Å²) in [6, 6.07) is 5.26. The lowest BCUT2D eigenvalue weighted by Gasteiger charge is -2.32. The number of nitrogens with zero attached hydrogens (tertiary/aromatic N) is 2. The van der Waals surface area contributed by atoms with E-state index in [0.29, 0.717) is 12.8 Å². The maximum absolute atomic E-state index is 13.5. The topological polar surface area (TPSA) is 73.1 Å². The first-order valence-corrected chi connectivity index (χ1v) is 8.23. The third-order valence-corrected chi connectivity index (χ3v) is 4.86. The number of hydrogen-bond donors (Lipinski definition) is 2. The van der Waals surface area contributed by atoms with Crippen molar-refractivity contribution in [1.29, 1.82) is 0 Å². The van der Waals surface area contributed by atoms with Gasteiger partial charge in [0.15, 0.2) is 0 Å². The van der Waals surface area contributed by atoms with Crippen LogP contribution in [0.1, 0.15) is 48.9 Å². The number of phenols is 1. The van der Waals surface area contributed by atoms with Crippen molar-refractivity contribution in [2.75, 3.05) is 0 Å². The van der Waals surface area contributed by atoms with Crippen LogP contribution >= 0.6 is 0 Å². The summed E-state index contributed by atoms with van der Waals surface area (Å²) in [4.78, 5) is 12.6. The van der Waals surface area contributed by atoms with Crippen LogP contribution in [0.3, 0.4) is 0 Å². The van der Waals surface area contributed by atoms with Gasteiger partial charge in [0.05, 0.1) is 5.56 Å². The second kappa shape index (κ2) is 6.33. The molecule has 0 unspecified atom stereocenters. The number of rotatable bonds is 2. The molecule has 1 aromatic rings. The summed E-state index contributed by atoms with van der Waals surface area (Å²) in [5.74, 6) is -1.80. The molecule has 0 aromatic heterocycles. The Morgan fingerprint density at radius 1 is 1.20 bits per heavy atom. The Hall–Kier alpha value is -2.09. The van der Waals surface area contributed by atoms with Gasteiger partial charge in [-0.1, -0.05) is 31.4 Å². The number of carbonyl (C=O) groups excluding carboxylic acids is 1. The van der Waals surface area contributed by atoms with Crippen LogP contribution in [0, 0.1) is 5.92 Å². The highest BCUT2D eigenvalue weighted by molar-refractivity contribution is 6.00. The molecule has 3 rings (SSSR count). The van der Waals surface area contributed by atoms with Gasteiger partial charge in [0.1, 0.15) is 5.75 Å². The van der Waals surface area contributed by atoms with Crippen molar-refractivity contribution in [3.05, 3.63) is 29.8 Å². The number of hydrogen-bond acceptors (Lipinski definition) is 4. The lowest BCUT2D eigenvalue weighted by atomic mass is 9.83. The molecule has 5 nitrogen and oxygen atoms in total. The van der Waals surface area contributed by atoms with Gasteiger partial charge in [-0.25, -0.2) is 0 Å². The molecule has 2 aliphatic rings. The van der Waals surface area contributed by atoms with Crippen LogP contribution in [-0.2, 0) is 0 Å². The number of aromatic hydroxyl groups is 1. The maximum Gasteiger partial charge on any atom is 0.438 e. The number of hydrazone groups is 1.